The third-order valence-electron chi connectivity index (χ3n) is 3.41. The van der Waals surface area contributed by atoms with E-state index in [1.165, 1.54) is 31.2 Å². The summed E-state index contributed by atoms with van der Waals surface area (Å²) in [5, 5.41) is 3.31. The molecule has 0 aliphatic rings. The zero-order valence-electron chi connectivity index (χ0n) is 12.0. The highest BCUT2D eigenvalue weighted by Crippen LogP contribution is 2.23. The zero-order chi connectivity index (χ0) is 13.2. The minimum atomic E-state index is 0.706. The molecule has 0 aliphatic carbocycles. The summed E-state index contributed by atoms with van der Waals surface area (Å²) in [4.78, 5) is 0. The average molecular weight is 249 g/mol. The van der Waals surface area contributed by atoms with Crippen molar-refractivity contribution in [2.45, 2.75) is 39.0 Å². The van der Waals surface area contributed by atoms with Crippen LogP contribution in [0.3, 0.4) is 0 Å². The van der Waals surface area contributed by atoms with Gasteiger partial charge in [-0.15, -0.1) is 0 Å². The van der Waals surface area contributed by atoms with Gasteiger partial charge in [0.05, 0.1) is 7.11 Å². The Hall–Kier alpha value is -1.02. The van der Waals surface area contributed by atoms with Gasteiger partial charge in [0.25, 0.3) is 0 Å². The van der Waals surface area contributed by atoms with Gasteiger partial charge >= 0.3 is 0 Å². The topological polar surface area (TPSA) is 21.3 Å². The standard InChI is InChI=1S/C16H27NO/c1-4-5-6-9-14(13-17-2)12-15-10-7-8-11-16(15)18-3/h7-8,10-11,14,17H,4-6,9,12-13H2,1-3H3. The van der Waals surface area contributed by atoms with Crippen LogP contribution in [-0.4, -0.2) is 20.7 Å². The Bertz CT molecular complexity index is 325. The lowest BCUT2D eigenvalue weighted by Crippen LogP contribution is -2.21. The largest absolute Gasteiger partial charge is 0.496 e. The van der Waals surface area contributed by atoms with E-state index in [9.17, 15) is 0 Å². The van der Waals surface area contributed by atoms with Gasteiger partial charge < -0.3 is 10.1 Å². The molecule has 0 amide bonds. The lowest BCUT2D eigenvalue weighted by Gasteiger charge is -2.18. The fourth-order valence-corrected chi connectivity index (χ4v) is 2.43. The molecule has 2 heteroatoms. The summed E-state index contributed by atoms with van der Waals surface area (Å²) in [6.45, 7) is 3.34. The van der Waals surface area contributed by atoms with Crippen molar-refractivity contribution in [2.75, 3.05) is 20.7 Å². The molecular weight excluding hydrogens is 222 g/mol. The number of nitrogens with one attached hydrogen (secondary N) is 1. The van der Waals surface area contributed by atoms with E-state index in [-0.39, 0.29) is 0 Å². The monoisotopic (exact) mass is 249 g/mol. The fraction of sp³-hybridized carbons (Fsp3) is 0.625. The Balaban J connectivity index is 2.58. The Morgan fingerprint density at radius 3 is 2.67 bits per heavy atom. The SMILES string of the molecule is CCCCCC(CNC)Cc1ccccc1OC. The second-order valence-corrected chi connectivity index (χ2v) is 4.94. The van der Waals surface area contributed by atoms with Crippen LogP contribution in [0.25, 0.3) is 0 Å². The van der Waals surface area contributed by atoms with Crippen LogP contribution in [-0.2, 0) is 6.42 Å². The molecule has 1 rings (SSSR count). The Labute approximate surface area is 112 Å². The molecule has 18 heavy (non-hydrogen) atoms. The minimum absolute atomic E-state index is 0.706. The molecule has 0 saturated heterocycles. The van der Waals surface area contributed by atoms with Crippen molar-refractivity contribution < 1.29 is 4.74 Å². The highest BCUT2D eigenvalue weighted by molar-refractivity contribution is 5.33. The molecule has 1 aromatic rings. The third kappa shape index (κ3) is 5.09. The van der Waals surface area contributed by atoms with Crippen LogP contribution in [0.4, 0.5) is 0 Å². The molecule has 102 valence electrons. The van der Waals surface area contributed by atoms with Gasteiger partial charge in [-0.3, -0.25) is 0 Å². The van der Waals surface area contributed by atoms with E-state index in [1.807, 2.05) is 13.1 Å². The molecule has 1 N–H and O–H groups in total. The summed E-state index contributed by atoms with van der Waals surface area (Å²) < 4.78 is 5.43. The quantitative estimate of drug-likeness (QED) is 0.674. The van der Waals surface area contributed by atoms with Crippen molar-refractivity contribution in [1.29, 1.82) is 0 Å². The van der Waals surface area contributed by atoms with Gasteiger partial charge in [-0.25, -0.2) is 0 Å². The summed E-state index contributed by atoms with van der Waals surface area (Å²) in [5.74, 6) is 1.73. The molecule has 0 heterocycles. The Morgan fingerprint density at radius 1 is 1.22 bits per heavy atom. The number of hydrogen-bond donors (Lipinski definition) is 1. The normalized spacial score (nSPS) is 12.4. The second kappa shape index (κ2) is 8.98. The molecule has 0 radical (unpaired) electrons. The Morgan fingerprint density at radius 2 is 2.00 bits per heavy atom. The number of ether oxygens (including phenoxy) is 1. The number of rotatable bonds is 9. The smallest absolute Gasteiger partial charge is 0.122 e. The molecule has 1 atom stereocenters. The molecule has 0 fully saturated rings. The molecular formula is C16H27NO. The fourth-order valence-electron chi connectivity index (χ4n) is 2.43. The number of benzene rings is 1. The van der Waals surface area contributed by atoms with Crippen molar-refractivity contribution >= 4 is 0 Å². The molecule has 0 aliphatic heterocycles. The summed E-state index contributed by atoms with van der Waals surface area (Å²) in [5.41, 5.74) is 1.33. The van der Waals surface area contributed by atoms with Crippen LogP contribution >= 0.6 is 0 Å². The van der Waals surface area contributed by atoms with Crippen molar-refractivity contribution in [3.63, 3.8) is 0 Å². The number of hydrogen-bond acceptors (Lipinski definition) is 2. The van der Waals surface area contributed by atoms with Crippen molar-refractivity contribution in [1.82, 2.24) is 5.32 Å². The van der Waals surface area contributed by atoms with Crippen LogP contribution in [0.15, 0.2) is 24.3 Å². The van der Waals surface area contributed by atoms with Crippen molar-refractivity contribution in [3.8, 4) is 5.75 Å². The van der Waals surface area contributed by atoms with Gasteiger partial charge in [0.2, 0.25) is 0 Å². The Kier molecular flexibility index (Phi) is 7.51. The van der Waals surface area contributed by atoms with Crippen LogP contribution in [0.1, 0.15) is 38.2 Å². The molecule has 0 spiro atoms. The first-order chi connectivity index (χ1) is 8.81. The number of para-hydroxylation sites is 1. The summed E-state index contributed by atoms with van der Waals surface area (Å²) in [6.07, 6.45) is 6.37. The number of methoxy groups -OCH3 is 1. The van der Waals surface area contributed by atoms with Gasteiger partial charge in [0.15, 0.2) is 0 Å². The molecule has 0 saturated carbocycles. The van der Waals surface area contributed by atoms with Crippen molar-refractivity contribution in [2.24, 2.45) is 5.92 Å². The summed E-state index contributed by atoms with van der Waals surface area (Å²) in [7, 11) is 3.79. The van der Waals surface area contributed by atoms with Crippen molar-refractivity contribution in [3.05, 3.63) is 29.8 Å². The maximum absolute atomic E-state index is 5.43. The summed E-state index contributed by atoms with van der Waals surface area (Å²) >= 11 is 0. The van der Waals surface area contributed by atoms with E-state index in [4.69, 9.17) is 4.74 Å². The third-order valence-corrected chi connectivity index (χ3v) is 3.41. The second-order valence-electron chi connectivity index (χ2n) is 4.94. The van der Waals surface area contributed by atoms with Gasteiger partial charge in [0, 0.05) is 0 Å². The van der Waals surface area contributed by atoms with Gasteiger partial charge in [-0.1, -0.05) is 44.4 Å². The number of unbranched alkanes of at least 4 members (excludes halogenated alkanes) is 2. The predicted molar refractivity (Wildman–Crippen MR) is 78.3 cm³/mol. The first kappa shape index (κ1) is 15.0. The van der Waals surface area contributed by atoms with Crippen LogP contribution in [0.2, 0.25) is 0 Å². The average Bonchev–Trinajstić information content (AvgIpc) is 2.40. The molecule has 0 aromatic heterocycles. The maximum Gasteiger partial charge on any atom is 0.122 e. The van der Waals surface area contributed by atoms with E-state index in [0.717, 1.165) is 18.7 Å². The van der Waals surface area contributed by atoms with E-state index < -0.39 is 0 Å². The first-order valence-corrected chi connectivity index (χ1v) is 7.08. The molecule has 1 unspecified atom stereocenters. The van der Waals surface area contributed by atoms with E-state index in [0.29, 0.717) is 5.92 Å². The molecule has 0 bridgehead atoms. The lowest BCUT2D eigenvalue weighted by molar-refractivity contribution is 0.394. The van der Waals surface area contributed by atoms with Gasteiger partial charge in [-0.05, 0) is 44.0 Å². The molecule has 2 nitrogen and oxygen atoms in total. The van der Waals surface area contributed by atoms with Gasteiger partial charge in [-0.2, -0.15) is 0 Å². The van der Waals surface area contributed by atoms with Crippen LogP contribution < -0.4 is 10.1 Å². The van der Waals surface area contributed by atoms with E-state index in [1.54, 1.807) is 7.11 Å². The highest BCUT2D eigenvalue weighted by atomic mass is 16.5. The predicted octanol–water partition coefficient (Wildman–Crippen LogP) is 3.65. The summed E-state index contributed by atoms with van der Waals surface area (Å²) in [6, 6.07) is 8.37. The zero-order valence-corrected chi connectivity index (χ0v) is 12.0. The van der Waals surface area contributed by atoms with E-state index >= 15 is 0 Å². The minimum Gasteiger partial charge on any atom is -0.496 e. The lowest BCUT2D eigenvalue weighted by atomic mass is 9.93. The first-order valence-electron chi connectivity index (χ1n) is 7.08. The van der Waals surface area contributed by atoms with Crippen LogP contribution in [0.5, 0.6) is 5.75 Å². The maximum atomic E-state index is 5.43. The molecule has 1 aromatic carbocycles. The van der Waals surface area contributed by atoms with Crippen LogP contribution in [0, 0.1) is 5.92 Å². The van der Waals surface area contributed by atoms with Gasteiger partial charge in [0.1, 0.15) is 5.75 Å². The van der Waals surface area contributed by atoms with E-state index in [2.05, 4.69) is 30.4 Å². The highest BCUT2D eigenvalue weighted by Gasteiger charge is 2.11.